The van der Waals surface area contributed by atoms with Crippen LogP contribution in [0.5, 0.6) is 0 Å². The summed E-state index contributed by atoms with van der Waals surface area (Å²) in [5.41, 5.74) is 0. The molecule has 1 saturated heterocycles. The van der Waals surface area contributed by atoms with Gasteiger partial charge in [0.1, 0.15) is 0 Å². The molecule has 8 heteroatoms. The number of guanidine groups is 1. The molecule has 0 bridgehead atoms. The minimum absolute atomic E-state index is 0. The average Bonchev–Trinajstić information content (AvgIpc) is 2.86. The lowest BCUT2D eigenvalue weighted by Crippen LogP contribution is -2.49. The maximum atomic E-state index is 5.14. The molecule has 1 atom stereocenters. The molecule has 1 aromatic rings. The van der Waals surface area contributed by atoms with Crippen molar-refractivity contribution in [2.45, 2.75) is 65.3 Å². The fraction of sp³-hybridized carbons (Fsp3) is 0.842. The summed E-state index contributed by atoms with van der Waals surface area (Å²) in [6.07, 6.45) is 7.11. The Morgan fingerprint density at radius 2 is 1.89 bits per heavy atom. The first-order chi connectivity index (χ1) is 12.6. The van der Waals surface area contributed by atoms with E-state index < -0.39 is 0 Å². The summed E-state index contributed by atoms with van der Waals surface area (Å²) >= 11 is 0. The molecule has 0 saturated carbocycles. The number of halogens is 1. The third-order valence-electron chi connectivity index (χ3n) is 5.01. The van der Waals surface area contributed by atoms with Crippen LogP contribution in [0.4, 0.5) is 0 Å². The van der Waals surface area contributed by atoms with Gasteiger partial charge in [-0.25, -0.2) is 0 Å². The van der Waals surface area contributed by atoms with Crippen LogP contribution in [0.2, 0.25) is 0 Å². The Bertz CT molecular complexity index is 540. The van der Waals surface area contributed by atoms with Crippen LogP contribution in [0.1, 0.15) is 57.7 Å². The molecule has 7 nitrogen and oxygen atoms in total. The van der Waals surface area contributed by atoms with Gasteiger partial charge in [-0.1, -0.05) is 31.8 Å². The second-order valence-electron chi connectivity index (χ2n) is 7.48. The monoisotopic (exact) mass is 492 g/mol. The maximum Gasteiger partial charge on any atom is 0.226 e. The lowest BCUT2D eigenvalue weighted by atomic mass is 10.0. The predicted octanol–water partition coefficient (Wildman–Crippen LogP) is 2.99. The second kappa shape index (κ2) is 13.3. The van der Waals surface area contributed by atoms with Crippen LogP contribution in [0.15, 0.2) is 9.52 Å². The summed E-state index contributed by atoms with van der Waals surface area (Å²) in [7, 11) is 1.83. The number of nitrogens with zero attached hydrogens (tertiary/aromatic N) is 4. The zero-order chi connectivity index (χ0) is 18.8. The van der Waals surface area contributed by atoms with E-state index >= 15 is 0 Å². The van der Waals surface area contributed by atoms with Crippen LogP contribution in [-0.2, 0) is 6.42 Å². The van der Waals surface area contributed by atoms with Gasteiger partial charge in [-0.3, -0.25) is 9.89 Å². The number of aromatic nitrogens is 2. The van der Waals surface area contributed by atoms with Crippen molar-refractivity contribution in [2.75, 3.05) is 33.2 Å². The van der Waals surface area contributed by atoms with Crippen molar-refractivity contribution in [1.82, 2.24) is 25.7 Å². The number of nitrogens with one attached hydrogen (secondary N) is 2. The first-order valence-corrected chi connectivity index (χ1v) is 10.1. The minimum Gasteiger partial charge on any atom is -0.356 e. The number of aryl methyl sites for hydroxylation is 2. The molecular weight excluding hydrogens is 455 g/mol. The smallest absolute Gasteiger partial charge is 0.226 e. The summed E-state index contributed by atoms with van der Waals surface area (Å²) in [5.74, 6) is 2.89. The Balaban J connectivity index is 0.00000364. The van der Waals surface area contributed by atoms with E-state index in [0.717, 1.165) is 31.9 Å². The van der Waals surface area contributed by atoms with Crippen molar-refractivity contribution >= 4 is 29.9 Å². The molecule has 2 heterocycles. The van der Waals surface area contributed by atoms with E-state index in [4.69, 9.17) is 4.52 Å². The molecule has 0 aliphatic carbocycles. The predicted molar refractivity (Wildman–Crippen MR) is 121 cm³/mol. The Hall–Kier alpha value is -0.900. The van der Waals surface area contributed by atoms with Crippen LogP contribution >= 0.6 is 24.0 Å². The van der Waals surface area contributed by atoms with Gasteiger partial charge in [0.2, 0.25) is 5.89 Å². The molecule has 0 amide bonds. The Morgan fingerprint density at radius 1 is 1.19 bits per heavy atom. The van der Waals surface area contributed by atoms with E-state index in [1.807, 2.05) is 14.0 Å². The van der Waals surface area contributed by atoms with Crippen molar-refractivity contribution in [3.05, 3.63) is 11.7 Å². The Kier molecular flexibility index (Phi) is 11.9. The Labute approximate surface area is 181 Å². The van der Waals surface area contributed by atoms with E-state index in [-0.39, 0.29) is 24.0 Å². The van der Waals surface area contributed by atoms with Crippen molar-refractivity contribution in [3.63, 3.8) is 0 Å². The number of hydrogen-bond acceptors (Lipinski definition) is 5. The third kappa shape index (κ3) is 8.76. The number of likely N-dealkylation sites (tertiary alicyclic amines) is 1. The summed E-state index contributed by atoms with van der Waals surface area (Å²) in [6.45, 7) is 10.7. The number of hydrogen-bond donors (Lipinski definition) is 2. The van der Waals surface area contributed by atoms with Crippen molar-refractivity contribution in [1.29, 1.82) is 0 Å². The minimum atomic E-state index is 0. The van der Waals surface area contributed by atoms with Crippen molar-refractivity contribution in [3.8, 4) is 0 Å². The van der Waals surface area contributed by atoms with Crippen LogP contribution in [-0.4, -0.2) is 60.3 Å². The van der Waals surface area contributed by atoms with E-state index in [9.17, 15) is 0 Å². The first kappa shape index (κ1) is 24.1. The van der Waals surface area contributed by atoms with Gasteiger partial charge in [0.05, 0.1) is 0 Å². The maximum absolute atomic E-state index is 5.14. The van der Waals surface area contributed by atoms with E-state index in [1.54, 1.807) is 0 Å². The molecule has 156 valence electrons. The molecule has 0 radical (unpaired) electrons. The third-order valence-corrected chi connectivity index (χ3v) is 5.01. The highest BCUT2D eigenvalue weighted by molar-refractivity contribution is 14.0. The quantitative estimate of drug-likeness (QED) is 0.252. The van der Waals surface area contributed by atoms with E-state index in [1.165, 1.54) is 38.8 Å². The van der Waals surface area contributed by atoms with Gasteiger partial charge in [0.15, 0.2) is 11.8 Å². The highest BCUT2D eigenvalue weighted by atomic mass is 127. The fourth-order valence-electron chi connectivity index (χ4n) is 3.52. The highest BCUT2D eigenvalue weighted by Crippen LogP contribution is 2.17. The van der Waals surface area contributed by atoms with Gasteiger partial charge < -0.3 is 15.2 Å². The van der Waals surface area contributed by atoms with Gasteiger partial charge >= 0.3 is 0 Å². The molecule has 1 unspecified atom stereocenters. The molecule has 1 aliphatic rings. The standard InChI is InChI=1S/C19H36N6O.HI/c1-15(2)17(25-12-7-5-6-8-13-25)14-22-19(20-4)21-11-9-10-18-23-16(3)24-26-18;/h15,17H,5-14H2,1-4H3,(H2,20,21,22);1H. The molecule has 27 heavy (non-hydrogen) atoms. The summed E-state index contributed by atoms with van der Waals surface area (Å²) in [4.78, 5) is 11.2. The zero-order valence-electron chi connectivity index (χ0n) is 17.3. The molecule has 1 fully saturated rings. The largest absolute Gasteiger partial charge is 0.356 e. The molecule has 1 aromatic heterocycles. The lowest BCUT2D eigenvalue weighted by molar-refractivity contribution is 0.161. The highest BCUT2D eigenvalue weighted by Gasteiger charge is 2.22. The average molecular weight is 492 g/mol. The zero-order valence-corrected chi connectivity index (χ0v) is 19.7. The van der Waals surface area contributed by atoms with Gasteiger partial charge in [0, 0.05) is 32.6 Å². The van der Waals surface area contributed by atoms with Crippen LogP contribution in [0, 0.1) is 12.8 Å². The topological polar surface area (TPSA) is 78.6 Å². The van der Waals surface area contributed by atoms with Gasteiger partial charge in [-0.2, -0.15) is 4.98 Å². The van der Waals surface area contributed by atoms with Crippen LogP contribution in [0.3, 0.4) is 0 Å². The van der Waals surface area contributed by atoms with Crippen LogP contribution in [0.25, 0.3) is 0 Å². The normalized spacial score (nSPS) is 17.3. The molecule has 0 aromatic carbocycles. The number of aliphatic imine (C=N–C) groups is 1. The number of rotatable bonds is 8. The molecule has 0 spiro atoms. The SMILES string of the molecule is CN=C(NCCCc1nc(C)no1)NCC(C(C)C)N1CCCCCC1.I. The van der Waals surface area contributed by atoms with E-state index in [0.29, 0.717) is 23.7 Å². The fourth-order valence-corrected chi connectivity index (χ4v) is 3.52. The first-order valence-electron chi connectivity index (χ1n) is 10.1. The lowest BCUT2D eigenvalue weighted by Gasteiger charge is -2.34. The second-order valence-corrected chi connectivity index (χ2v) is 7.48. The molecule has 2 N–H and O–H groups in total. The molecule has 2 rings (SSSR count). The van der Waals surface area contributed by atoms with Gasteiger partial charge in [0.25, 0.3) is 0 Å². The van der Waals surface area contributed by atoms with Crippen molar-refractivity contribution in [2.24, 2.45) is 10.9 Å². The van der Waals surface area contributed by atoms with Gasteiger partial charge in [-0.05, 0) is 45.2 Å². The summed E-state index contributed by atoms with van der Waals surface area (Å²) < 4.78 is 5.14. The Morgan fingerprint density at radius 3 is 2.44 bits per heavy atom. The van der Waals surface area contributed by atoms with Crippen molar-refractivity contribution < 1.29 is 4.52 Å². The summed E-state index contributed by atoms with van der Waals surface area (Å²) in [6, 6.07) is 0.549. The summed E-state index contributed by atoms with van der Waals surface area (Å²) in [5, 5.41) is 10.7. The van der Waals surface area contributed by atoms with Gasteiger partial charge in [-0.15, -0.1) is 24.0 Å². The van der Waals surface area contributed by atoms with Crippen LogP contribution < -0.4 is 10.6 Å². The van der Waals surface area contributed by atoms with E-state index in [2.05, 4.69) is 44.5 Å². The molecular formula is C19H37IN6O. The molecule has 1 aliphatic heterocycles.